The predicted molar refractivity (Wildman–Crippen MR) is 96.1 cm³/mol. The topological polar surface area (TPSA) is 57.0 Å². The van der Waals surface area contributed by atoms with Crippen molar-refractivity contribution in [3.63, 3.8) is 0 Å². The van der Waals surface area contributed by atoms with E-state index < -0.39 is 0 Å². The van der Waals surface area contributed by atoms with Gasteiger partial charge in [-0.2, -0.15) is 0 Å². The average molecular weight is 345 g/mol. The number of aliphatic hydroxyl groups excluding tert-OH is 1. The van der Waals surface area contributed by atoms with E-state index in [2.05, 4.69) is 26.0 Å². The lowest BCUT2D eigenvalue weighted by Gasteiger charge is -2.42. The zero-order valence-electron chi connectivity index (χ0n) is 14.6. The molecule has 136 valence electrons. The van der Waals surface area contributed by atoms with E-state index in [4.69, 9.17) is 4.74 Å². The van der Waals surface area contributed by atoms with E-state index in [0.717, 1.165) is 63.5 Å². The number of ether oxygens (including phenoxy) is 1. The number of aromatic nitrogens is 2. The van der Waals surface area contributed by atoms with Crippen LogP contribution in [0.3, 0.4) is 0 Å². The van der Waals surface area contributed by atoms with Gasteiger partial charge in [-0.05, 0) is 12.1 Å². The van der Waals surface area contributed by atoms with Gasteiger partial charge in [-0.15, -0.1) is 0 Å². The first-order valence-electron chi connectivity index (χ1n) is 9.17. The maximum absolute atomic E-state index is 10.5. The highest BCUT2D eigenvalue weighted by Gasteiger charge is 2.24. The summed E-state index contributed by atoms with van der Waals surface area (Å²) in [7, 11) is 0. The molecular formula is C18H27N5O2. The van der Waals surface area contributed by atoms with Gasteiger partial charge >= 0.3 is 0 Å². The van der Waals surface area contributed by atoms with Crippen LogP contribution in [0.2, 0.25) is 0 Å². The van der Waals surface area contributed by atoms with Crippen LogP contribution in [0.4, 0.5) is 0 Å². The third-order valence-corrected chi connectivity index (χ3v) is 5.14. The van der Waals surface area contributed by atoms with E-state index in [0.29, 0.717) is 13.1 Å². The minimum atomic E-state index is -0.382. The van der Waals surface area contributed by atoms with Crippen LogP contribution >= 0.6 is 0 Å². The lowest BCUT2D eigenvalue weighted by atomic mass is 10.2. The summed E-state index contributed by atoms with van der Waals surface area (Å²) >= 11 is 0. The second kappa shape index (κ2) is 7.80. The molecule has 2 aromatic rings. The number of benzene rings is 1. The minimum Gasteiger partial charge on any atom is -0.390 e. The van der Waals surface area contributed by atoms with E-state index >= 15 is 0 Å². The number of hydrazine groups is 1. The van der Waals surface area contributed by atoms with Crippen LogP contribution < -0.4 is 0 Å². The van der Waals surface area contributed by atoms with Gasteiger partial charge in [0.25, 0.3) is 0 Å². The second-order valence-corrected chi connectivity index (χ2v) is 6.86. The lowest BCUT2D eigenvalue weighted by molar-refractivity contribution is -0.109. The fourth-order valence-electron chi connectivity index (χ4n) is 3.78. The Balaban J connectivity index is 1.26. The fraction of sp³-hybridized carbons (Fsp3) is 0.611. The molecule has 2 saturated heterocycles. The molecule has 7 nitrogen and oxygen atoms in total. The third kappa shape index (κ3) is 4.02. The quantitative estimate of drug-likeness (QED) is 0.839. The van der Waals surface area contributed by atoms with Gasteiger partial charge < -0.3 is 14.4 Å². The number of morpholine rings is 1. The number of aliphatic hydroxyl groups is 1. The molecule has 1 N–H and O–H groups in total. The van der Waals surface area contributed by atoms with Crippen molar-refractivity contribution in [1.82, 2.24) is 24.5 Å². The Hall–Kier alpha value is -1.51. The number of hydrogen-bond acceptors (Lipinski definition) is 6. The molecule has 1 aromatic heterocycles. The van der Waals surface area contributed by atoms with E-state index in [1.807, 2.05) is 29.1 Å². The molecule has 2 fully saturated rings. The summed E-state index contributed by atoms with van der Waals surface area (Å²) in [6.45, 7) is 9.01. The molecule has 0 bridgehead atoms. The molecule has 2 aliphatic heterocycles. The predicted octanol–water partition coefficient (Wildman–Crippen LogP) is 0.262. The minimum absolute atomic E-state index is 0.382. The first kappa shape index (κ1) is 16.9. The van der Waals surface area contributed by atoms with Gasteiger partial charge in [0.05, 0.1) is 43.2 Å². The number of imidazole rings is 1. The Kier molecular flexibility index (Phi) is 5.28. The summed E-state index contributed by atoms with van der Waals surface area (Å²) in [4.78, 5) is 6.76. The molecule has 25 heavy (non-hydrogen) atoms. The van der Waals surface area contributed by atoms with E-state index in [9.17, 15) is 5.11 Å². The molecule has 0 amide bonds. The highest BCUT2D eigenvalue weighted by atomic mass is 16.5. The molecule has 1 unspecified atom stereocenters. The molecule has 0 saturated carbocycles. The normalized spacial score (nSPS) is 22.4. The molecule has 7 heteroatoms. The summed E-state index contributed by atoms with van der Waals surface area (Å²) in [5.41, 5.74) is 2.06. The van der Waals surface area contributed by atoms with Crippen molar-refractivity contribution in [2.45, 2.75) is 12.6 Å². The van der Waals surface area contributed by atoms with Gasteiger partial charge in [0.15, 0.2) is 0 Å². The fourth-order valence-corrected chi connectivity index (χ4v) is 3.78. The number of hydrogen-bond donors (Lipinski definition) is 1. The van der Waals surface area contributed by atoms with E-state index in [1.54, 1.807) is 0 Å². The summed E-state index contributed by atoms with van der Waals surface area (Å²) < 4.78 is 7.47. The molecule has 1 atom stereocenters. The van der Waals surface area contributed by atoms with Crippen molar-refractivity contribution in [2.24, 2.45) is 0 Å². The van der Waals surface area contributed by atoms with Crippen molar-refractivity contribution in [3.8, 4) is 0 Å². The van der Waals surface area contributed by atoms with Crippen molar-refractivity contribution < 1.29 is 9.84 Å². The Morgan fingerprint density at radius 1 is 0.960 bits per heavy atom. The van der Waals surface area contributed by atoms with Crippen LogP contribution in [0, 0.1) is 0 Å². The van der Waals surface area contributed by atoms with Crippen LogP contribution in [0.15, 0.2) is 30.6 Å². The zero-order valence-corrected chi connectivity index (χ0v) is 14.6. The molecule has 3 heterocycles. The largest absolute Gasteiger partial charge is 0.390 e. The second-order valence-electron chi connectivity index (χ2n) is 6.86. The van der Waals surface area contributed by atoms with Crippen molar-refractivity contribution in [1.29, 1.82) is 0 Å². The number of piperazine rings is 1. The van der Waals surface area contributed by atoms with Gasteiger partial charge in [-0.25, -0.2) is 15.0 Å². The maximum atomic E-state index is 10.5. The Bertz CT molecular complexity index is 677. The first-order valence-corrected chi connectivity index (χ1v) is 9.17. The molecule has 1 aromatic carbocycles. The molecule has 0 radical (unpaired) electrons. The highest BCUT2D eigenvalue weighted by molar-refractivity contribution is 5.74. The molecular weight excluding hydrogens is 318 g/mol. The number of rotatable bonds is 5. The summed E-state index contributed by atoms with van der Waals surface area (Å²) in [6.07, 6.45) is 1.44. The number of para-hydroxylation sites is 2. The van der Waals surface area contributed by atoms with Crippen molar-refractivity contribution in [2.75, 3.05) is 59.0 Å². The Morgan fingerprint density at radius 3 is 2.48 bits per heavy atom. The third-order valence-electron chi connectivity index (χ3n) is 5.14. The zero-order chi connectivity index (χ0) is 17.1. The number of nitrogens with zero attached hydrogens (tertiary/aromatic N) is 5. The molecule has 0 aliphatic carbocycles. The Morgan fingerprint density at radius 2 is 1.68 bits per heavy atom. The van der Waals surface area contributed by atoms with Crippen LogP contribution in [0.1, 0.15) is 0 Å². The smallest absolute Gasteiger partial charge is 0.0959 e. The molecule has 4 rings (SSSR count). The molecule has 0 spiro atoms. The number of β-amino-alcohol motifs (C(OH)–C–C–N with tert-alkyl or cyclic N) is 1. The number of fused-ring (bicyclic) bond motifs is 1. The van der Waals surface area contributed by atoms with Gasteiger partial charge in [-0.1, -0.05) is 12.1 Å². The summed E-state index contributed by atoms with van der Waals surface area (Å²) in [5.74, 6) is 0. The van der Waals surface area contributed by atoms with E-state index in [1.165, 1.54) is 0 Å². The molecule has 2 aliphatic rings. The lowest BCUT2D eigenvalue weighted by Crippen LogP contribution is -2.57. The maximum Gasteiger partial charge on any atom is 0.0959 e. The Labute approximate surface area is 148 Å². The van der Waals surface area contributed by atoms with Gasteiger partial charge in [0, 0.05) is 45.8 Å². The van der Waals surface area contributed by atoms with Crippen LogP contribution in [-0.4, -0.2) is 94.7 Å². The van der Waals surface area contributed by atoms with Crippen LogP contribution in [0.5, 0.6) is 0 Å². The van der Waals surface area contributed by atoms with Crippen LogP contribution in [0.25, 0.3) is 11.0 Å². The van der Waals surface area contributed by atoms with Gasteiger partial charge in [0.1, 0.15) is 0 Å². The SMILES string of the molecule is OC(CN1CCN(N2CCOCC2)CC1)Cn1cnc2ccccc21. The summed E-state index contributed by atoms with van der Waals surface area (Å²) in [6, 6.07) is 8.06. The first-order chi connectivity index (χ1) is 12.3. The highest BCUT2D eigenvalue weighted by Crippen LogP contribution is 2.13. The average Bonchev–Trinajstić information content (AvgIpc) is 3.06. The monoisotopic (exact) mass is 345 g/mol. The van der Waals surface area contributed by atoms with Crippen molar-refractivity contribution in [3.05, 3.63) is 30.6 Å². The van der Waals surface area contributed by atoms with Crippen LogP contribution in [-0.2, 0) is 11.3 Å². The van der Waals surface area contributed by atoms with Gasteiger partial charge in [0.2, 0.25) is 0 Å². The standard InChI is InChI=1S/C18H27N5O2/c24-16(14-21-15-19-17-3-1-2-4-18(17)21)13-20-5-7-22(8-6-20)23-9-11-25-12-10-23/h1-4,15-16,24H,5-14H2. The van der Waals surface area contributed by atoms with Gasteiger partial charge in [-0.3, -0.25) is 4.90 Å². The van der Waals surface area contributed by atoms with E-state index in [-0.39, 0.29) is 6.10 Å². The van der Waals surface area contributed by atoms with Crippen molar-refractivity contribution >= 4 is 11.0 Å². The summed E-state index contributed by atoms with van der Waals surface area (Å²) in [5, 5.41) is 15.4.